The fraction of sp³-hybridized carbons (Fsp3) is 0.781. The lowest BCUT2D eigenvalue weighted by molar-refractivity contribution is -0.218. The molecule has 0 bridgehead atoms. The summed E-state index contributed by atoms with van der Waals surface area (Å²) in [5.74, 6) is -1.90. The maximum Gasteiger partial charge on any atom is 0.309 e. The zero-order chi connectivity index (χ0) is 32.6. The van der Waals surface area contributed by atoms with Crippen molar-refractivity contribution in [3.63, 3.8) is 0 Å². The van der Waals surface area contributed by atoms with Gasteiger partial charge in [0.05, 0.1) is 53.1 Å². The molecule has 0 spiro atoms. The Labute approximate surface area is 263 Å². The molecule has 12 heteroatoms. The van der Waals surface area contributed by atoms with Crippen LogP contribution in [0.3, 0.4) is 0 Å². The van der Waals surface area contributed by atoms with Gasteiger partial charge in [0.15, 0.2) is 6.29 Å². The van der Waals surface area contributed by atoms with Gasteiger partial charge >= 0.3 is 5.97 Å². The fourth-order valence-corrected chi connectivity index (χ4v) is 6.98. The summed E-state index contributed by atoms with van der Waals surface area (Å²) in [5.41, 5.74) is -0.146. The highest BCUT2D eigenvalue weighted by molar-refractivity contribution is 7.09. The number of nitrogens with zero attached hydrogens (tertiary/aromatic N) is 1. The van der Waals surface area contributed by atoms with Crippen LogP contribution in [0, 0.1) is 24.2 Å². The quantitative estimate of drug-likeness (QED) is 0.276. The number of cyclic esters (lactones) is 1. The number of carbonyl (C=O) groups excluding carboxylic acids is 2. The van der Waals surface area contributed by atoms with E-state index in [-0.39, 0.29) is 29.8 Å². The summed E-state index contributed by atoms with van der Waals surface area (Å²) < 4.78 is 23.8. The molecule has 0 aromatic carbocycles. The van der Waals surface area contributed by atoms with Crippen LogP contribution >= 0.6 is 11.3 Å². The van der Waals surface area contributed by atoms with E-state index >= 15 is 0 Å². The van der Waals surface area contributed by atoms with Crippen LogP contribution in [0.2, 0.25) is 0 Å². The van der Waals surface area contributed by atoms with E-state index in [0.29, 0.717) is 12.8 Å². The first kappa shape index (κ1) is 35.1. The smallest absolute Gasteiger partial charge is 0.309 e. The normalized spacial score (nSPS) is 40.8. The van der Waals surface area contributed by atoms with Crippen LogP contribution in [0.1, 0.15) is 84.3 Å². The Balaban J connectivity index is 1.65. The van der Waals surface area contributed by atoms with Crippen molar-refractivity contribution in [1.82, 2.24) is 4.98 Å². The van der Waals surface area contributed by atoms with Gasteiger partial charge in [-0.05, 0) is 51.2 Å². The first-order valence-corrected chi connectivity index (χ1v) is 16.4. The third-order valence-electron chi connectivity index (χ3n) is 9.69. The lowest BCUT2D eigenvalue weighted by Crippen LogP contribution is -2.49. The Morgan fingerprint density at radius 3 is 2.48 bits per heavy atom. The second-order valence-corrected chi connectivity index (χ2v) is 14.6. The van der Waals surface area contributed by atoms with Gasteiger partial charge in [-0.15, -0.1) is 11.3 Å². The molecule has 1 aromatic heterocycles. The number of hydrogen-bond donors (Lipinski definition) is 4. The zero-order valence-electron chi connectivity index (χ0n) is 26.8. The third-order valence-corrected chi connectivity index (χ3v) is 10.5. The maximum absolute atomic E-state index is 13.9. The highest BCUT2D eigenvalue weighted by Crippen LogP contribution is 2.45. The molecule has 248 valence electrons. The van der Waals surface area contributed by atoms with Crippen LogP contribution in [0.25, 0.3) is 6.08 Å². The number of Topliss-reactive ketones (excluding diaryl/α,β-unsaturated/α-hetero) is 1. The van der Waals surface area contributed by atoms with Gasteiger partial charge < -0.3 is 39.4 Å². The lowest BCUT2D eigenvalue weighted by Gasteiger charge is -2.38. The van der Waals surface area contributed by atoms with Crippen LogP contribution < -0.4 is 0 Å². The Morgan fingerprint density at radius 2 is 1.86 bits per heavy atom. The molecule has 4 rings (SSSR count). The number of esters is 1. The van der Waals surface area contributed by atoms with Crippen molar-refractivity contribution in [3.05, 3.63) is 21.7 Å². The largest absolute Gasteiger partial charge is 0.458 e. The Bertz CT molecular complexity index is 1200. The first-order chi connectivity index (χ1) is 20.6. The number of ether oxygens (including phenoxy) is 4. The topological polar surface area (TPSA) is 168 Å². The summed E-state index contributed by atoms with van der Waals surface area (Å²) in [6, 6.07) is 0. The van der Waals surface area contributed by atoms with Crippen LogP contribution in [0.15, 0.2) is 11.0 Å². The van der Waals surface area contributed by atoms with Gasteiger partial charge in [0.2, 0.25) is 0 Å². The van der Waals surface area contributed by atoms with Gasteiger partial charge in [-0.25, -0.2) is 4.98 Å². The average molecular weight is 640 g/mol. The Kier molecular flexibility index (Phi) is 11.1. The SMILES string of the molecule is C/C(=C\c1csc(C)n1)[C@@H]1C[C@@H]2O[C@]2(C)CCC[C@H](C)[C@H](O)[C@@H](C)C(=O)C(C)(C)[C@@H](O[C@H]2O[C@H](CO)[C@H](O)[C@H]2O)CC(=O)O1. The number of rotatable bonds is 5. The number of carbonyl (C=O) groups is 2. The highest BCUT2D eigenvalue weighted by atomic mass is 32.1. The molecule has 0 amide bonds. The first-order valence-electron chi connectivity index (χ1n) is 15.5. The molecule has 0 aliphatic carbocycles. The van der Waals surface area contributed by atoms with Crippen LogP contribution in [0.4, 0.5) is 0 Å². The maximum atomic E-state index is 13.9. The third kappa shape index (κ3) is 7.78. The predicted molar refractivity (Wildman–Crippen MR) is 163 cm³/mol. The van der Waals surface area contributed by atoms with E-state index < -0.39 is 66.8 Å². The minimum atomic E-state index is -1.51. The van der Waals surface area contributed by atoms with E-state index in [4.69, 9.17) is 18.9 Å². The van der Waals surface area contributed by atoms with Crippen LogP contribution in [-0.2, 0) is 28.5 Å². The van der Waals surface area contributed by atoms with E-state index in [2.05, 4.69) is 4.98 Å². The summed E-state index contributed by atoms with van der Waals surface area (Å²) in [6.07, 6.45) is -4.02. The number of aromatic nitrogens is 1. The standard InChI is InChI=1S/C32H49NO10S/c1-16-9-8-10-32(7)24(43-32)12-21(17(2)11-20-15-44-19(4)33-20)40-25(35)13-23(31(5,6)29(39)18(3)26(16)36)42-30-28(38)27(37)22(14-34)41-30/h11,15-16,18,21-24,26-28,30,34,36-38H,8-10,12-14H2,1-7H3/b17-11+/t16-,18+,21-,22+,23-,24-,26-,27-,28+,30+,32+/m0/s1. The van der Waals surface area contributed by atoms with E-state index in [1.54, 1.807) is 20.8 Å². The van der Waals surface area contributed by atoms with Gasteiger partial charge in [0.25, 0.3) is 0 Å². The van der Waals surface area contributed by atoms with Gasteiger partial charge in [0, 0.05) is 17.7 Å². The van der Waals surface area contributed by atoms with Crippen molar-refractivity contribution in [3.8, 4) is 0 Å². The summed E-state index contributed by atoms with van der Waals surface area (Å²) in [5, 5.41) is 44.5. The second-order valence-electron chi connectivity index (χ2n) is 13.6. The number of aliphatic hydroxyl groups is 4. The molecule has 3 fully saturated rings. The number of aryl methyl sites for hydroxylation is 1. The van der Waals surface area contributed by atoms with Gasteiger partial charge in [-0.1, -0.05) is 34.1 Å². The second kappa shape index (κ2) is 13.9. The molecule has 44 heavy (non-hydrogen) atoms. The molecular formula is C32H49NO10S. The van der Waals surface area contributed by atoms with E-state index in [9.17, 15) is 30.0 Å². The van der Waals surface area contributed by atoms with Crippen molar-refractivity contribution in [2.24, 2.45) is 17.3 Å². The summed E-state index contributed by atoms with van der Waals surface area (Å²) in [7, 11) is 0. The van der Waals surface area contributed by atoms with Gasteiger partial charge in [-0.2, -0.15) is 0 Å². The molecule has 1 aromatic rings. The molecule has 3 saturated heterocycles. The molecule has 11 atom stereocenters. The minimum absolute atomic E-state index is 0.128. The van der Waals surface area contributed by atoms with Crippen molar-refractivity contribution in [2.45, 2.75) is 135 Å². The number of ketones is 1. The van der Waals surface area contributed by atoms with Gasteiger partial charge in [-0.3, -0.25) is 9.59 Å². The van der Waals surface area contributed by atoms with Crippen molar-refractivity contribution in [2.75, 3.05) is 6.61 Å². The molecular weight excluding hydrogens is 590 g/mol. The lowest BCUT2D eigenvalue weighted by atomic mass is 9.72. The number of epoxide rings is 1. The summed E-state index contributed by atoms with van der Waals surface area (Å²) in [4.78, 5) is 32.1. The summed E-state index contributed by atoms with van der Waals surface area (Å²) >= 11 is 1.53. The van der Waals surface area contributed by atoms with Crippen molar-refractivity contribution in [1.29, 1.82) is 0 Å². The predicted octanol–water partition coefficient (Wildman–Crippen LogP) is 2.94. The van der Waals surface area contributed by atoms with E-state index in [1.807, 2.05) is 39.2 Å². The highest BCUT2D eigenvalue weighted by Gasteiger charge is 2.53. The molecule has 3 aliphatic heterocycles. The zero-order valence-corrected chi connectivity index (χ0v) is 27.6. The average Bonchev–Trinajstić information content (AvgIpc) is 3.26. The molecule has 3 aliphatic rings. The fourth-order valence-electron chi connectivity index (χ4n) is 6.41. The van der Waals surface area contributed by atoms with Crippen molar-refractivity contribution < 1.29 is 49.0 Å². The van der Waals surface area contributed by atoms with E-state index in [1.165, 1.54) is 11.3 Å². The Morgan fingerprint density at radius 1 is 1.16 bits per heavy atom. The van der Waals surface area contributed by atoms with Gasteiger partial charge in [0.1, 0.15) is 30.2 Å². The number of thiazole rings is 1. The number of fused-ring (bicyclic) bond motifs is 1. The molecule has 4 heterocycles. The minimum Gasteiger partial charge on any atom is -0.458 e. The van der Waals surface area contributed by atoms with Crippen LogP contribution in [-0.4, -0.2) is 98.4 Å². The molecule has 0 radical (unpaired) electrons. The Hall–Kier alpha value is -1.77. The van der Waals surface area contributed by atoms with E-state index in [0.717, 1.165) is 29.1 Å². The molecule has 0 unspecified atom stereocenters. The van der Waals surface area contributed by atoms with Crippen molar-refractivity contribution >= 4 is 29.2 Å². The molecule has 4 N–H and O–H groups in total. The number of aliphatic hydroxyl groups excluding tert-OH is 4. The molecule has 0 saturated carbocycles. The monoisotopic (exact) mass is 639 g/mol. The number of hydrogen-bond acceptors (Lipinski definition) is 12. The molecule has 11 nitrogen and oxygen atoms in total. The van der Waals surface area contributed by atoms with Crippen LogP contribution in [0.5, 0.6) is 0 Å². The summed E-state index contributed by atoms with van der Waals surface area (Å²) in [6.45, 7) is 12.1.